The Morgan fingerprint density at radius 3 is 2.70 bits per heavy atom. The van der Waals surface area contributed by atoms with E-state index in [4.69, 9.17) is 0 Å². The van der Waals surface area contributed by atoms with Crippen molar-refractivity contribution in [3.8, 4) is 0 Å². The first-order chi connectivity index (χ1) is 11.2. The Kier molecular flexibility index (Phi) is 4.32. The standard InChI is InChI=1S/C17H19N5O/c1-3-11-21(12-14-7-5-4-6-8-14)16(23)15-19-17-18-10-9-13(2)22(17)20-15/h4-10H,3,11-12H2,1-2H3. The number of carbonyl (C=O) groups is 1. The SMILES string of the molecule is CCCN(Cc1ccccc1)C(=O)c1nc2nccc(C)n2n1. The molecule has 6 heteroatoms. The molecule has 6 nitrogen and oxygen atoms in total. The highest BCUT2D eigenvalue weighted by Crippen LogP contribution is 2.10. The predicted octanol–water partition coefficient (Wildman–Crippen LogP) is 2.49. The van der Waals surface area contributed by atoms with Gasteiger partial charge in [0.25, 0.3) is 11.7 Å². The van der Waals surface area contributed by atoms with Gasteiger partial charge >= 0.3 is 0 Å². The van der Waals surface area contributed by atoms with Crippen LogP contribution in [-0.2, 0) is 6.54 Å². The molecule has 0 saturated carbocycles. The molecule has 0 unspecified atom stereocenters. The lowest BCUT2D eigenvalue weighted by Crippen LogP contribution is -2.32. The van der Waals surface area contributed by atoms with Gasteiger partial charge in [-0.1, -0.05) is 37.3 Å². The average molecular weight is 309 g/mol. The van der Waals surface area contributed by atoms with Crippen LogP contribution in [0.2, 0.25) is 0 Å². The number of hydrogen-bond acceptors (Lipinski definition) is 4. The van der Waals surface area contributed by atoms with Gasteiger partial charge in [0.1, 0.15) is 0 Å². The molecular weight excluding hydrogens is 290 g/mol. The molecule has 2 aromatic heterocycles. The van der Waals surface area contributed by atoms with Crippen molar-refractivity contribution >= 4 is 11.7 Å². The van der Waals surface area contributed by atoms with Gasteiger partial charge < -0.3 is 4.90 Å². The van der Waals surface area contributed by atoms with Crippen molar-refractivity contribution < 1.29 is 4.79 Å². The molecule has 0 N–H and O–H groups in total. The molecule has 1 aromatic carbocycles. The number of aromatic nitrogens is 4. The van der Waals surface area contributed by atoms with Crippen LogP contribution in [-0.4, -0.2) is 36.9 Å². The van der Waals surface area contributed by atoms with E-state index in [-0.39, 0.29) is 11.7 Å². The van der Waals surface area contributed by atoms with E-state index in [0.717, 1.165) is 17.7 Å². The number of aryl methyl sites for hydroxylation is 1. The van der Waals surface area contributed by atoms with Crippen LogP contribution >= 0.6 is 0 Å². The number of benzene rings is 1. The van der Waals surface area contributed by atoms with Crippen LogP contribution in [0.1, 0.15) is 35.2 Å². The van der Waals surface area contributed by atoms with Crippen LogP contribution < -0.4 is 0 Å². The van der Waals surface area contributed by atoms with Gasteiger partial charge in [-0.15, -0.1) is 5.10 Å². The molecule has 0 atom stereocenters. The Balaban J connectivity index is 1.88. The molecule has 23 heavy (non-hydrogen) atoms. The number of amides is 1. The number of fused-ring (bicyclic) bond motifs is 1. The highest BCUT2D eigenvalue weighted by molar-refractivity contribution is 5.90. The van der Waals surface area contributed by atoms with E-state index < -0.39 is 0 Å². The Morgan fingerprint density at radius 1 is 1.22 bits per heavy atom. The molecular formula is C17H19N5O. The zero-order valence-corrected chi connectivity index (χ0v) is 13.3. The maximum absolute atomic E-state index is 12.8. The maximum Gasteiger partial charge on any atom is 0.293 e. The first-order valence-electron chi connectivity index (χ1n) is 7.70. The Labute approximate surface area is 134 Å². The second-order valence-corrected chi connectivity index (χ2v) is 5.45. The van der Waals surface area contributed by atoms with Gasteiger partial charge in [0.15, 0.2) is 0 Å². The summed E-state index contributed by atoms with van der Waals surface area (Å²) in [5.74, 6) is 0.473. The van der Waals surface area contributed by atoms with Crippen LogP contribution in [0.4, 0.5) is 0 Å². The number of nitrogens with zero attached hydrogens (tertiary/aromatic N) is 5. The third kappa shape index (κ3) is 3.21. The predicted molar refractivity (Wildman–Crippen MR) is 87.0 cm³/mol. The van der Waals surface area contributed by atoms with Crippen LogP contribution in [0, 0.1) is 6.92 Å². The van der Waals surface area contributed by atoms with Gasteiger partial charge in [-0.25, -0.2) is 9.50 Å². The Hall–Kier alpha value is -2.76. The first kappa shape index (κ1) is 15.1. The quantitative estimate of drug-likeness (QED) is 0.726. The van der Waals surface area contributed by atoms with Crippen molar-refractivity contribution in [3.63, 3.8) is 0 Å². The smallest absolute Gasteiger partial charge is 0.293 e. The summed E-state index contributed by atoms with van der Waals surface area (Å²) in [6.45, 7) is 5.17. The van der Waals surface area contributed by atoms with Crippen molar-refractivity contribution in [2.75, 3.05) is 6.54 Å². The van der Waals surface area contributed by atoms with Gasteiger partial charge in [-0.05, 0) is 25.0 Å². The molecule has 3 rings (SSSR count). The van der Waals surface area contributed by atoms with E-state index in [0.29, 0.717) is 18.9 Å². The minimum Gasteiger partial charge on any atom is -0.332 e. The molecule has 2 heterocycles. The van der Waals surface area contributed by atoms with Crippen molar-refractivity contribution in [1.82, 2.24) is 24.5 Å². The van der Waals surface area contributed by atoms with Crippen LogP contribution in [0.3, 0.4) is 0 Å². The largest absolute Gasteiger partial charge is 0.332 e. The van der Waals surface area contributed by atoms with Gasteiger partial charge in [0.2, 0.25) is 5.82 Å². The second-order valence-electron chi connectivity index (χ2n) is 5.45. The second kappa shape index (κ2) is 6.56. The highest BCUT2D eigenvalue weighted by Gasteiger charge is 2.21. The topological polar surface area (TPSA) is 63.4 Å². The van der Waals surface area contributed by atoms with Crippen LogP contribution in [0.5, 0.6) is 0 Å². The van der Waals surface area contributed by atoms with Crippen molar-refractivity contribution in [2.24, 2.45) is 0 Å². The summed E-state index contributed by atoms with van der Waals surface area (Å²) in [5.41, 5.74) is 1.99. The molecule has 0 aliphatic rings. The molecule has 0 fully saturated rings. The zero-order valence-electron chi connectivity index (χ0n) is 13.3. The summed E-state index contributed by atoms with van der Waals surface area (Å²) in [7, 11) is 0. The van der Waals surface area contributed by atoms with E-state index in [1.165, 1.54) is 0 Å². The summed E-state index contributed by atoms with van der Waals surface area (Å²) in [6.07, 6.45) is 2.55. The fraction of sp³-hybridized carbons (Fsp3) is 0.294. The molecule has 0 saturated heterocycles. The van der Waals surface area contributed by atoms with E-state index in [1.807, 2.05) is 50.2 Å². The van der Waals surface area contributed by atoms with Crippen molar-refractivity contribution in [2.45, 2.75) is 26.8 Å². The molecule has 118 valence electrons. The lowest BCUT2D eigenvalue weighted by molar-refractivity contribution is 0.0731. The molecule has 0 aliphatic heterocycles. The van der Waals surface area contributed by atoms with Crippen LogP contribution in [0.25, 0.3) is 5.78 Å². The summed E-state index contributed by atoms with van der Waals surface area (Å²) in [6, 6.07) is 11.8. The fourth-order valence-corrected chi connectivity index (χ4v) is 2.46. The fourth-order valence-electron chi connectivity index (χ4n) is 2.46. The molecule has 0 spiro atoms. The molecule has 3 aromatic rings. The molecule has 0 radical (unpaired) electrons. The van der Waals surface area contributed by atoms with Crippen molar-refractivity contribution in [1.29, 1.82) is 0 Å². The van der Waals surface area contributed by atoms with Crippen LogP contribution in [0.15, 0.2) is 42.6 Å². The van der Waals surface area contributed by atoms with Gasteiger partial charge in [0.05, 0.1) is 0 Å². The molecule has 0 aliphatic carbocycles. The lowest BCUT2D eigenvalue weighted by atomic mass is 10.2. The van der Waals surface area contributed by atoms with E-state index in [2.05, 4.69) is 15.1 Å². The zero-order chi connectivity index (χ0) is 16.2. The van der Waals surface area contributed by atoms with Gasteiger partial charge in [-0.2, -0.15) is 4.98 Å². The van der Waals surface area contributed by atoms with Gasteiger partial charge in [0, 0.05) is 25.0 Å². The monoisotopic (exact) mass is 309 g/mol. The Bertz CT molecular complexity index is 812. The normalized spacial score (nSPS) is 10.9. The third-order valence-corrected chi connectivity index (χ3v) is 3.62. The minimum absolute atomic E-state index is 0.166. The number of rotatable bonds is 5. The molecule has 1 amide bonds. The minimum atomic E-state index is -0.166. The summed E-state index contributed by atoms with van der Waals surface area (Å²) in [5, 5.41) is 4.31. The maximum atomic E-state index is 12.8. The molecule has 0 bridgehead atoms. The third-order valence-electron chi connectivity index (χ3n) is 3.62. The van der Waals surface area contributed by atoms with E-state index in [9.17, 15) is 4.79 Å². The van der Waals surface area contributed by atoms with Gasteiger partial charge in [-0.3, -0.25) is 4.79 Å². The van der Waals surface area contributed by atoms with E-state index >= 15 is 0 Å². The summed E-state index contributed by atoms with van der Waals surface area (Å²) in [4.78, 5) is 23.0. The Morgan fingerprint density at radius 2 is 2.00 bits per heavy atom. The van der Waals surface area contributed by atoms with Crippen molar-refractivity contribution in [3.05, 3.63) is 59.7 Å². The first-order valence-corrected chi connectivity index (χ1v) is 7.70. The highest BCUT2D eigenvalue weighted by atomic mass is 16.2. The van der Waals surface area contributed by atoms with E-state index in [1.54, 1.807) is 15.6 Å². The number of hydrogen-bond donors (Lipinski definition) is 0. The average Bonchev–Trinajstić information content (AvgIpc) is 3.00. The summed E-state index contributed by atoms with van der Waals surface area (Å²) >= 11 is 0. The lowest BCUT2D eigenvalue weighted by Gasteiger charge is -2.20. The number of carbonyl (C=O) groups excluding carboxylic acids is 1. The summed E-state index contributed by atoms with van der Waals surface area (Å²) < 4.78 is 1.60.